The third-order valence-electron chi connectivity index (χ3n) is 4.96. The zero-order chi connectivity index (χ0) is 19.2. The monoisotopic (exact) mass is 375 g/mol. The summed E-state index contributed by atoms with van der Waals surface area (Å²) in [5, 5.41) is 6.89. The van der Waals surface area contributed by atoms with Crippen LogP contribution in [0.2, 0.25) is 0 Å². The van der Waals surface area contributed by atoms with E-state index >= 15 is 0 Å². The molecule has 6 nitrogen and oxygen atoms in total. The van der Waals surface area contributed by atoms with Gasteiger partial charge in [-0.3, -0.25) is 4.98 Å². The predicted octanol–water partition coefficient (Wildman–Crippen LogP) is 5.04. The van der Waals surface area contributed by atoms with Crippen LogP contribution in [0.25, 0.3) is 11.4 Å². The van der Waals surface area contributed by atoms with Crippen LogP contribution in [0, 0.1) is 0 Å². The molecule has 2 N–H and O–H groups in total. The predicted molar refractivity (Wildman–Crippen MR) is 112 cm³/mol. The fourth-order valence-electron chi connectivity index (χ4n) is 3.54. The average molecular weight is 375 g/mol. The van der Waals surface area contributed by atoms with Crippen molar-refractivity contribution in [3.63, 3.8) is 0 Å². The molecule has 1 fully saturated rings. The number of methoxy groups -OCH3 is 1. The summed E-state index contributed by atoms with van der Waals surface area (Å²) in [5.41, 5.74) is 2.46. The molecule has 0 unspecified atom stereocenters. The van der Waals surface area contributed by atoms with Crippen LogP contribution in [-0.4, -0.2) is 28.1 Å². The zero-order valence-electron chi connectivity index (χ0n) is 16.1. The Balaban J connectivity index is 1.67. The number of hydrogen-bond donors (Lipinski definition) is 2. The van der Waals surface area contributed by atoms with Crippen LogP contribution in [0.5, 0.6) is 5.75 Å². The summed E-state index contributed by atoms with van der Waals surface area (Å²) >= 11 is 0. The summed E-state index contributed by atoms with van der Waals surface area (Å²) in [6.07, 6.45) is 7.92. The van der Waals surface area contributed by atoms with Crippen LogP contribution in [0.3, 0.4) is 0 Å². The zero-order valence-corrected chi connectivity index (χ0v) is 16.1. The Morgan fingerprint density at radius 1 is 0.929 bits per heavy atom. The molecule has 2 aromatic heterocycles. The lowest BCUT2D eigenvalue weighted by Gasteiger charge is -2.23. The minimum absolute atomic E-state index is 0.423. The first-order valence-corrected chi connectivity index (χ1v) is 9.79. The second kappa shape index (κ2) is 8.69. The van der Waals surface area contributed by atoms with Crippen LogP contribution in [0.15, 0.2) is 54.7 Å². The van der Waals surface area contributed by atoms with Gasteiger partial charge in [0.05, 0.1) is 24.2 Å². The molecule has 144 valence electrons. The first kappa shape index (κ1) is 18.2. The third kappa shape index (κ3) is 4.39. The fourth-order valence-corrected chi connectivity index (χ4v) is 3.54. The van der Waals surface area contributed by atoms with Crippen molar-refractivity contribution < 1.29 is 4.74 Å². The second-order valence-corrected chi connectivity index (χ2v) is 6.98. The SMILES string of the molecule is COc1ccccc1Nc1cc(-c2ccccn2)nc(NC2CCCCC2)n1. The van der Waals surface area contributed by atoms with Crippen molar-refractivity contribution in [2.24, 2.45) is 0 Å². The Labute approximate surface area is 165 Å². The standard InChI is InChI=1S/C22H25N5O/c1-28-20-13-6-5-12-18(20)25-21-15-19(17-11-7-8-14-23-17)26-22(27-21)24-16-9-3-2-4-10-16/h5-8,11-16H,2-4,9-10H2,1H3,(H2,24,25,26,27). The molecule has 6 heteroatoms. The van der Waals surface area contributed by atoms with E-state index in [-0.39, 0.29) is 0 Å². The first-order chi connectivity index (χ1) is 13.8. The number of nitrogens with one attached hydrogen (secondary N) is 2. The van der Waals surface area contributed by atoms with E-state index in [1.807, 2.05) is 48.5 Å². The number of ether oxygens (including phenoxy) is 1. The van der Waals surface area contributed by atoms with Crippen molar-refractivity contribution in [2.45, 2.75) is 38.1 Å². The lowest BCUT2D eigenvalue weighted by Crippen LogP contribution is -2.23. The highest BCUT2D eigenvalue weighted by atomic mass is 16.5. The Kier molecular flexibility index (Phi) is 5.66. The van der Waals surface area contributed by atoms with Gasteiger partial charge in [0.25, 0.3) is 0 Å². The van der Waals surface area contributed by atoms with Gasteiger partial charge in [0.15, 0.2) is 0 Å². The van der Waals surface area contributed by atoms with E-state index in [1.54, 1.807) is 13.3 Å². The molecule has 0 amide bonds. The summed E-state index contributed by atoms with van der Waals surface area (Å²) in [5.74, 6) is 2.10. The normalized spacial score (nSPS) is 14.5. The number of para-hydroxylation sites is 2. The molecule has 0 saturated heterocycles. The van der Waals surface area contributed by atoms with E-state index < -0.39 is 0 Å². The Morgan fingerprint density at radius 3 is 2.54 bits per heavy atom. The molecule has 1 saturated carbocycles. The number of aromatic nitrogens is 3. The summed E-state index contributed by atoms with van der Waals surface area (Å²) in [6, 6.07) is 16.0. The van der Waals surface area contributed by atoms with Gasteiger partial charge in [0, 0.05) is 18.3 Å². The van der Waals surface area contributed by atoms with Gasteiger partial charge in [-0.25, -0.2) is 4.98 Å². The smallest absolute Gasteiger partial charge is 0.225 e. The van der Waals surface area contributed by atoms with Crippen LogP contribution in [0.1, 0.15) is 32.1 Å². The largest absolute Gasteiger partial charge is 0.495 e. The van der Waals surface area contributed by atoms with Crippen LogP contribution < -0.4 is 15.4 Å². The molecule has 1 aliphatic rings. The van der Waals surface area contributed by atoms with E-state index in [2.05, 4.69) is 15.6 Å². The van der Waals surface area contributed by atoms with Gasteiger partial charge in [-0.15, -0.1) is 0 Å². The first-order valence-electron chi connectivity index (χ1n) is 9.79. The van der Waals surface area contributed by atoms with E-state index in [1.165, 1.54) is 19.3 Å². The minimum atomic E-state index is 0.423. The Hall–Kier alpha value is -3.15. The number of rotatable bonds is 6. The van der Waals surface area contributed by atoms with Crippen molar-refractivity contribution in [1.29, 1.82) is 0 Å². The molecular formula is C22H25N5O. The number of benzene rings is 1. The number of nitrogens with zero attached hydrogens (tertiary/aromatic N) is 3. The topological polar surface area (TPSA) is 72.0 Å². The van der Waals surface area contributed by atoms with Gasteiger partial charge < -0.3 is 15.4 Å². The van der Waals surface area contributed by atoms with Crippen LogP contribution in [0.4, 0.5) is 17.5 Å². The summed E-state index contributed by atoms with van der Waals surface area (Å²) in [7, 11) is 1.66. The Morgan fingerprint density at radius 2 is 1.75 bits per heavy atom. The van der Waals surface area contributed by atoms with Gasteiger partial charge in [0.2, 0.25) is 5.95 Å². The molecule has 0 atom stereocenters. The third-order valence-corrected chi connectivity index (χ3v) is 4.96. The molecule has 0 aliphatic heterocycles. The van der Waals surface area contributed by atoms with E-state index in [9.17, 15) is 0 Å². The molecule has 1 aliphatic carbocycles. The highest BCUT2D eigenvalue weighted by Crippen LogP contribution is 2.29. The quantitative estimate of drug-likeness (QED) is 0.629. The van der Waals surface area contributed by atoms with Gasteiger partial charge in [-0.05, 0) is 37.1 Å². The van der Waals surface area contributed by atoms with Crippen molar-refractivity contribution >= 4 is 17.5 Å². The highest BCUT2D eigenvalue weighted by molar-refractivity contribution is 5.68. The van der Waals surface area contributed by atoms with Gasteiger partial charge in [0.1, 0.15) is 11.6 Å². The number of hydrogen-bond acceptors (Lipinski definition) is 6. The maximum atomic E-state index is 5.45. The maximum absolute atomic E-state index is 5.45. The Bertz CT molecular complexity index is 910. The highest BCUT2D eigenvalue weighted by Gasteiger charge is 2.16. The number of anilines is 3. The van der Waals surface area contributed by atoms with Crippen molar-refractivity contribution in [2.75, 3.05) is 17.7 Å². The molecule has 28 heavy (non-hydrogen) atoms. The summed E-state index contributed by atoms with van der Waals surface area (Å²) in [4.78, 5) is 13.9. The summed E-state index contributed by atoms with van der Waals surface area (Å²) < 4.78 is 5.45. The van der Waals surface area contributed by atoms with Crippen LogP contribution >= 0.6 is 0 Å². The second-order valence-electron chi connectivity index (χ2n) is 6.98. The van der Waals surface area contributed by atoms with Crippen molar-refractivity contribution in [3.05, 3.63) is 54.7 Å². The van der Waals surface area contributed by atoms with E-state index in [0.29, 0.717) is 17.8 Å². The lowest BCUT2D eigenvalue weighted by molar-refractivity contribution is 0.417. The van der Waals surface area contributed by atoms with E-state index in [0.717, 1.165) is 35.7 Å². The van der Waals surface area contributed by atoms with Crippen molar-refractivity contribution in [3.8, 4) is 17.1 Å². The van der Waals surface area contributed by atoms with Gasteiger partial charge >= 0.3 is 0 Å². The van der Waals surface area contributed by atoms with E-state index in [4.69, 9.17) is 14.7 Å². The van der Waals surface area contributed by atoms with Gasteiger partial charge in [-0.2, -0.15) is 4.98 Å². The molecular weight excluding hydrogens is 350 g/mol. The van der Waals surface area contributed by atoms with Crippen molar-refractivity contribution in [1.82, 2.24) is 15.0 Å². The molecule has 0 radical (unpaired) electrons. The molecule has 0 bridgehead atoms. The minimum Gasteiger partial charge on any atom is -0.495 e. The summed E-state index contributed by atoms with van der Waals surface area (Å²) in [6.45, 7) is 0. The average Bonchev–Trinajstić information content (AvgIpc) is 2.75. The maximum Gasteiger partial charge on any atom is 0.225 e. The molecule has 0 spiro atoms. The molecule has 3 aromatic rings. The van der Waals surface area contributed by atoms with Gasteiger partial charge in [-0.1, -0.05) is 37.5 Å². The number of pyridine rings is 1. The van der Waals surface area contributed by atoms with Crippen LogP contribution in [-0.2, 0) is 0 Å². The lowest BCUT2D eigenvalue weighted by atomic mass is 9.96. The molecule has 1 aromatic carbocycles. The molecule has 2 heterocycles. The fraction of sp³-hybridized carbons (Fsp3) is 0.318. The molecule has 4 rings (SSSR count).